The highest BCUT2D eigenvalue weighted by atomic mass is 16.5. The van der Waals surface area contributed by atoms with Gasteiger partial charge in [-0.3, -0.25) is 0 Å². The van der Waals surface area contributed by atoms with Crippen molar-refractivity contribution in [1.29, 1.82) is 5.26 Å². The quantitative estimate of drug-likeness (QED) is 0.765. The lowest BCUT2D eigenvalue weighted by Crippen LogP contribution is -2.30. The molecule has 17 heavy (non-hydrogen) atoms. The summed E-state index contributed by atoms with van der Waals surface area (Å²) >= 11 is 0. The van der Waals surface area contributed by atoms with Crippen LogP contribution in [0.1, 0.15) is 19.4 Å². The largest absolute Gasteiger partial charge is 0.397 e. The van der Waals surface area contributed by atoms with Crippen molar-refractivity contribution in [3.63, 3.8) is 0 Å². The zero-order valence-electron chi connectivity index (χ0n) is 10.5. The number of hydrogen-bond donors (Lipinski definition) is 2. The minimum Gasteiger partial charge on any atom is -0.397 e. The highest BCUT2D eigenvalue weighted by molar-refractivity contribution is 5.68. The molecule has 0 saturated heterocycles. The summed E-state index contributed by atoms with van der Waals surface area (Å²) in [6.07, 6.45) is 0. The molecule has 0 heterocycles. The Balaban J connectivity index is 2.83. The van der Waals surface area contributed by atoms with Crippen molar-refractivity contribution in [1.82, 2.24) is 0 Å². The Labute approximate surface area is 102 Å². The Kier molecular flexibility index (Phi) is 4.80. The maximum absolute atomic E-state index is 8.76. The number of nitrogen functional groups attached to an aromatic ring is 1. The van der Waals surface area contributed by atoms with Crippen molar-refractivity contribution >= 4 is 11.4 Å². The molecule has 1 atom stereocenters. The van der Waals surface area contributed by atoms with Gasteiger partial charge in [0.15, 0.2) is 0 Å². The fraction of sp³-hybridized carbons (Fsp3) is 0.462. The van der Waals surface area contributed by atoms with Gasteiger partial charge in [-0.25, -0.2) is 0 Å². The first kappa shape index (κ1) is 13.3. The number of rotatable bonds is 5. The standard InChI is InChI=1S/C13H19N3O/c1-9(2)13(8-17-3)16-12-5-4-10(7-14)6-11(12)15/h4-6,9,13,16H,8,15H2,1-3H3. The van der Waals surface area contributed by atoms with Crippen LogP contribution in [0.3, 0.4) is 0 Å². The number of ether oxygens (including phenoxy) is 1. The number of nitrogens with one attached hydrogen (secondary N) is 1. The third kappa shape index (κ3) is 3.65. The van der Waals surface area contributed by atoms with Crippen LogP contribution in [0.15, 0.2) is 18.2 Å². The van der Waals surface area contributed by atoms with E-state index >= 15 is 0 Å². The van der Waals surface area contributed by atoms with Crippen molar-refractivity contribution in [2.75, 3.05) is 24.8 Å². The summed E-state index contributed by atoms with van der Waals surface area (Å²) in [6.45, 7) is 4.87. The van der Waals surface area contributed by atoms with E-state index in [0.717, 1.165) is 5.69 Å². The first-order chi connectivity index (χ1) is 8.08. The Hall–Kier alpha value is -1.73. The van der Waals surface area contributed by atoms with Crippen molar-refractivity contribution in [2.45, 2.75) is 19.9 Å². The van der Waals surface area contributed by atoms with Crippen molar-refractivity contribution in [3.05, 3.63) is 23.8 Å². The number of hydrogen-bond acceptors (Lipinski definition) is 4. The van der Waals surface area contributed by atoms with E-state index in [1.807, 2.05) is 6.07 Å². The molecular formula is C13H19N3O. The number of nitriles is 1. The maximum Gasteiger partial charge on any atom is 0.0992 e. The third-order valence-corrected chi connectivity index (χ3v) is 2.67. The second-order valence-electron chi connectivity index (χ2n) is 4.36. The van der Waals surface area contributed by atoms with Crippen LogP contribution in [0.2, 0.25) is 0 Å². The van der Waals surface area contributed by atoms with Gasteiger partial charge in [0, 0.05) is 7.11 Å². The first-order valence-electron chi connectivity index (χ1n) is 5.63. The highest BCUT2D eigenvalue weighted by Crippen LogP contribution is 2.22. The molecule has 0 spiro atoms. The predicted molar refractivity (Wildman–Crippen MR) is 69.7 cm³/mol. The van der Waals surface area contributed by atoms with Crippen LogP contribution in [-0.4, -0.2) is 19.8 Å². The van der Waals surface area contributed by atoms with Gasteiger partial charge in [-0.05, 0) is 24.1 Å². The second-order valence-corrected chi connectivity index (χ2v) is 4.36. The fourth-order valence-electron chi connectivity index (χ4n) is 1.54. The minimum absolute atomic E-state index is 0.204. The predicted octanol–water partition coefficient (Wildman–Crippen LogP) is 2.22. The summed E-state index contributed by atoms with van der Waals surface area (Å²) in [6, 6.07) is 7.53. The van der Waals surface area contributed by atoms with Gasteiger partial charge in [-0.1, -0.05) is 13.8 Å². The molecule has 0 saturated carbocycles. The smallest absolute Gasteiger partial charge is 0.0992 e. The molecule has 1 unspecified atom stereocenters. The molecule has 0 fully saturated rings. The van der Waals surface area contributed by atoms with Gasteiger partial charge in [0.1, 0.15) is 0 Å². The van der Waals surface area contributed by atoms with Gasteiger partial charge < -0.3 is 15.8 Å². The molecule has 0 aliphatic carbocycles. The van der Waals surface area contributed by atoms with E-state index in [0.29, 0.717) is 23.8 Å². The zero-order valence-corrected chi connectivity index (χ0v) is 10.5. The van der Waals surface area contributed by atoms with Crippen molar-refractivity contribution in [3.8, 4) is 6.07 Å². The molecule has 0 aliphatic heterocycles. The fourth-order valence-corrected chi connectivity index (χ4v) is 1.54. The van der Waals surface area contributed by atoms with Gasteiger partial charge >= 0.3 is 0 Å². The van der Waals surface area contributed by atoms with Gasteiger partial charge in [0.2, 0.25) is 0 Å². The van der Waals surface area contributed by atoms with Crippen LogP contribution in [0.25, 0.3) is 0 Å². The molecule has 0 aliphatic rings. The van der Waals surface area contributed by atoms with Crippen LogP contribution in [-0.2, 0) is 4.74 Å². The summed E-state index contributed by atoms with van der Waals surface area (Å²) in [5, 5.41) is 12.1. The normalized spacial score (nSPS) is 12.2. The lowest BCUT2D eigenvalue weighted by Gasteiger charge is -2.23. The van der Waals surface area contributed by atoms with E-state index in [4.69, 9.17) is 15.7 Å². The number of nitrogens with zero attached hydrogens (tertiary/aromatic N) is 1. The van der Waals surface area contributed by atoms with E-state index in [2.05, 4.69) is 25.2 Å². The first-order valence-corrected chi connectivity index (χ1v) is 5.63. The molecular weight excluding hydrogens is 214 g/mol. The number of benzene rings is 1. The Bertz CT molecular complexity index is 410. The summed E-state index contributed by atoms with van der Waals surface area (Å²) in [5.74, 6) is 0.435. The van der Waals surface area contributed by atoms with E-state index in [1.54, 1.807) is 19.2 Å². The van der Waals surface area contributed by atoms with Gasteiger partial charge in [0.25, 0.3) is 0 Å². The number of anilines is 2. The molecule has 1 aromatic carbocycles. The maximum atomic E-state index is 8.76. The molecule has 0 amide bonds. The number of nitrogens with two attached hydrogens (primary N) is 1. The molecule has 0 radical (unpaired) electrons. The number of methoxy groups -OCH3 is 1. The van der Waals surface area contributed by atoms with Crippen LogP contribution >= 0.6 is 0 Å². The van der Waals surface area contributed by atoms with E-state index in [9.17, 15) is 0 Å². The van der Waals surface area contributed by atoms with Crippen LogP contribution < -0.4 is 11.1 Å². The average molecular weight is 233 g/mol. The highest BCUT2D eigenvalue weighted by Gasteiger charge is 2.14. The lowest BCUT2D eigenvalue weighted by atomic mass is 10.0. The summed E-state index contributed by atoms with van der Waals surface area (Å²) in [4.78, 5) is 0. The zero-order chi connectivity index (χ0) is 12.8. The molecule has 4 heteroatoms. The van der Waals surface area contributed by atoms with Gasteiger partial charge in [-0.2, -0.15) is 5.26 Å². The van der Waals surface area contributed by atoms with E-state index < -0.39 is 0 Å². The van der Waals surface area contributed by atoms with Crippen molar-refractivity contribution in [2.24, 2.45) is 5.92 Å². The Morgan fingerprint density at radius 1 is 1.47 bits per heavy atom. The molecule has 0 aromatic heterocycles. The lowest BCUT2D eigenvalue weighted by molar-refractivity contribution is 0.171. The Morgan fingerprint density at radius 2 is 2.18 bits per heavy atom. The molecule has 1 aromatic rings. The average Bonchev–Trinajstić information content (AvgIpc) is 2.30. The minimum atomic E-state index is 0.204. The van der Waals surface area contributed by atoms with E-state index in [-0.39, 0.29) is 6.04 Å². The monoisotopic (exact) mass is 233 g/mol. The Morgan fingerprint density at radius 3 is 2.65 bits per heavy atom. The molecule has 3 N–H and O–H groups in total. The second kappa shape index (κ2) is 6.12. The van der Waals surface area contributed by atoms with Gasteiger partial charge in [-0.15, -0.1) is 0 Å². The van der Waals surface area contributed by atoms with Gasteiger partial charge in [0.05, 0.1) is 35.7 Å². The van der Waals surface area contributed by atoms with Crippen LogP contribution in [0.5, 0.6) is 0 Å². The molecule has 0 bridgehead atoms. The summed E-state index contributed by atoms with van der Waals surface area (Å²) in [7, 11) is 1.68. The van der Waals surface area contributed by atoms with Crippen LogP contribution in [0.4, 0.5) is 11.4 Å². The molecule has 92 valence electrons. The summed E-state index contributed by atoms with van der Waals surface area (Å²) in [5.41, 5.74) is 7.89. The van der Waals surface area contributed by atoms with E-state index in [1.165, 1.54) is 0 Å². The van der Waals surface area contributed by atoms with Crippen LogP contribution in [0, 0.1) is 17.2 Å². The van der Waals surface area contributed by atoms with Crippen molar-refractivity contribution < 1.29 is 4.74 Å². The SMILES string of the molecule is COCC(Nc1ccc(C#N)cc1N)C(C)C. The topological polar surface area (TPSA) is 71.1 Å². The molecule has 1 rings (SSSR count). The summed E-state index contributed by atoms with van der Waals surface area (Å²) < 4.78 is 5.17. The third-order valence-electron chi connectivity index (χ3n) is 2.67. The molecule has 4 nitrogen and oxygen atoms in total.